The molecule has 4 nitrogen and oxygen atoms in total. The highest BCUT2D eigenvalue weighted by Crippen LogP contribution is 1.80. The summed E-state index contributed by atoms with van der Waals surface area (Å²) in [6.45, 7) is 0.375. The molecule has 0 saturated heterocycles. The van der Waals surface area contributed by atoms with Gasteiger partial charge in [-0.25, -0.2) is 4.99 Å². The number of amidine groups is 1. The van der Waals surface area contributed by atoms with Gasteiger partial charge in [0, 0.05) is 0 Å². The van der Waals surface area contributed by atoms with E-state index in [9.17, 15) is 0 Å². The van der Waals surface area contributed by atoms with E-state index in [1.807, 2.05) is 0 Å². The normalized spacial score (nSPS) is 16.4. The molecule has 0 bridgehead atoms. The van der Waals surface area contributed by atoms with Crippen molar-refractivity contribution in [1.82, 2.24) is 5.43 Å². The van der Waals surface area contributed by atoms with Crippen LogP contribution in [0.4, 0.5) is 0 Å². The Morgan fingerprint density at radius 3 is 2.86 bits per heavy atom. The number of nitrogens with zero attached hydrogens (tertiary/aromatic N) is 3. The number of rotatable bonds is 1. The van der Waals surface area contributed by atoms with Gasteiger partial charge in [0.05, 0.1) is 6.54 Å². The van der Waals surface area contributed by atoms with Gasteiger partial charge in [0.25, 0.3) is 0 Å². The average Bonchev–Trinajstić information content (AvgIpc) is 2.14. The number of aliphatic imine (C=N–C) groups is 1. The Labute approximate surface area is 41.1 Å². The van der Waals surface area contributed by atoms with Crippen LogP contribution in [-0.4, -0.2) is 18.7 Å². The summed E-state index contributed by atoms with van der Waals surface area (Å²) in [7, 11) is 0. The fourth-order valence-corrected chi connectivity index (χ4v) is 0.304. The zero-order valence-corrected chi connectivity index (χ0v) is 3.70. The molecule has 0 atom stereocenters. The molecule has 0 aromatic carbocycles. The van der Waals surface area contributed by atoms with E-state index in [0.717, 1.165) is 0 Å². The molecule has 0 amide bonds. The Kier molecular flexibility index (Phi) is 1.04. The molecule has 0 aliphatic carbocycles. The van der Waals surface area contributed by atoms with Crippen molar-refractivity contribution in [2.45, 2.75) is 0 Å². The van der Waals surface area contributed by atoms with Crippen LogP contribution < -0.4 is 11.2 Å². The number of hydrogen-bond donors (Lipinski definition) is 1. The van der Waals surface area contributed by atoms with Gasteiger partial charge in [0.2, 0.25) is 0 Å². The lowest BCUT2D eigenvalue weighted by atomic mass is 10.6. The Hall–Kier alpha value is -0.900. The highest BCUT2D eigenvalue weighted by atomic mass is 15.4. The van der Waals surface area contributed by atoms with Crippen LogP contribution in [0.15, 0.2) is 10.1 Å². The minimum Gasteiger partial charge on any atom is -0.324 e. The third-order valence-electron chi connectivity index (χ3n) is 0.614. The molecule has 0 spiro atoms. The summed E-state index contributed by atoms with van der Waals surface area (Å²) in [4.78, 5) is 3.69. The summed E-state index contributed by atoms with van der Waals surface area (Å²) < 4.78 is 0. The van der Waals surface area contributed by atoms with Crippen molar-refractivity contribution in [2.75, 3.05) is 6.54 Å². The first kappa shape index (κ1) is 4.26. The summed E-state index contributed by atoms with van der Waals surface area (Å²) in [6.07, 6.45) is 1.38. The van der Waals surface area contributed by atoms with Crippen LogP contribution >= 0.6 is 0 Å². The lowest BCUT2D eigenvalue weighted by molar-refractivity contribution is 1.05. The molecule has 0 saturated carbocycles. The van der Waals surface area contributed by atoms with Crippen LogP contribution in [-0.2, 0) is 0 Å². The monoisotopic (exact) mass is 97.1 g/mol. The Morgan fingerprint density at radius 2 is 2.57 bits per heavy atom. The molecule has 0 aromatic heterocycles. The highest BCUT2D eigenvalue weighted by Gasteiger charge is 1.95. The molecular formula is C3H5N4. The standard InChI is InChI=1S/C3H5N4/c4-1-3-5-2-6-7-3/h2H,1,4H2. The highest BCUT2D eigenvalue weighted by molar-refractivity contribution is 5.93. The Morgan fingerprint density at radius 1 is 1.71 bits per heavy atom. The molecule has 1 heterocycles. The van der Waals surface area contributed by atoms with E-state index in [-0.39, 0.29) is 0 Å². The quantitative estimate of drug-likeness (QED) is 0.443. The van der Waals surface area contributed by atoms with E-state index >= 15 is 0 Å². The van der Waals surface area contributed by atoms with Gasteiger partial charge in [-0.2, -0.15) is 0 Å². The van der Waals surface area contributed by atoms with Crippen molar-refractivity contribution in [1.29, 1.82) is 0 Å². The fraction of sp³-hybridized carbons (Fsp3) is 0.333. The van der Waals surface area contributed by atoms with Crippen molar-refractivity contribution in [2.24, 2.45) is 15.8 Å². The van der Waals surface area contributed by atoms with Crippen molar-refractivity contribution in [3.8, 4) is 0 Å². The number of nitrogens with two attached hydrogens (primary N) is 1. The van der Waals surface area contributed by atoms with Crippen LogP contribution in [0.3, 0.4) is 0 Å². The maximum atomic E-state index is 5.13. The van der Waals surface area contributed by atoms with Gasteiger partial charge < -0.3 is 5.73 Å². The van der Waals surface area contributed by atoms with Gasteiger partial charge in [-0.05, 0) is 0 Å². The zero-order chi connectivity index (χ0) is 5.11. The Balaban J connectivity index is 2.52. The molecule has 0 unspecified atom stereocenters. The molecule has 37 valence electrons. The van der Waals surface area contributed by atoms with Crippen LogP contribution in [0, 0.1) is 0 Å². The van der Waals surface area contributed by atoms with E-state index in [1.165, 1.54) is 6.34 Å². The van der Waals surface area contributed by atoms with Crippen LogP contribution in [0.1, 0.15) is 0 Å². The van der Waals surface area contributed by atoms with Gasteiger partial charge in [-0.15, -0.1) is 10.5 Å². The summed E-state index contributed by atoms with van der Waals surface area (Å²) in [5.74, 6) is 0.597. The van der Waals surface area contributed by atoms with Gasteiger partial charge in [0.1, 0.15) is 6.34 Å². The van der Waals surface area contributed by atoms with E-state index in [1.54, 1.807) is 0 Å². The second-order valence-corrected chi connectivity index (χ2v) is 1.08. The van der Waals surface area contributed by atoms with Crippen LogP contribution in [0.25, 0.3) is 0 Å². The summed E-state index contributed by atoms with van der Waals surface area (Å²) in [5, 5.41) is 3.55. The van der Waals surface area contributed by atoms with Gasteiger partial charge in [-0.1, -0.05) is 0 Å². The van der Waals surface area contributed by atoms with E-state index in [0.29, 0.717) is 12.4 Å². The van der Waals surface area contributed by atoms with Gasteiger partial charge >= 0.3 is 0 Å². The molecule has 1 aliphatic heterocycles. The maximum absolute atomic E-state index is 5.13. The first-order valence-corrected chi connectivity index (χ1v) is 1.93. The topological polar surface area (TPSA) is 64.8 Å². The SMILES string of the molecule is NCC1=N[N]C=N1. The maximum Gasteiger partial charge on any atom is 0.166 e. The van der Waals surface area contributed by atoms with E-state index < -0.39 is 0 Å². The van der Waals surface area contributed by atoms with Crippen LogP contribution in [0.2, 0.25) is 0 Å². The molecule has 7 heavy (non-hydrogen) atoms. The predicted molar refractivity (Wildman–Crippen MR) is 27.1 cm³/mol. The largest absolute Gasteiger partial charge is 0.324 e. The minimum absolute atomic E-state index is 0.375. The van der Waals surface area contributed by atoms with Crippen molar-refractivity contribution in [3.05, 3.63) is 0 Å². The summed E-state index contributed by atoms with van der Waals surface area (Å²) >= 11 is 0. The molecular weight excluding hydrogens is 92.1 g/mol. The lowest BCUT2D eigenvalue weighted by Crippen LogP contribution is -2.08. The smallest absolute Gasteiger partial charge is 0.166 e. The molecule has 1 aliphatic rings. The van der Waals surface area contributed by atoms with Crippen molar-refractivity contribution in [3.63, 3.8) is 0 Å². The second kappa shape index (κ2) is 1.70. The third-order valence-corrected chi connectivity index (χ3v) is 0.614. The van der Waals surface area contributed by atoms with Crippen LogP contribution in [0.5, 0.6) is 0 Å². The van der Waals surface area contributed by atoms with Crippen molar-refractivity contribution >= 4 is 12.2 Å². The fourth-order valence-electron chi connectivity index (χ4n) is 0.304. The molecule has 4 heteroatoms. The van der Waals surface area contributed by atoms with Crippen molar-refractivity contribution < 1.29 is 0 Å². The molecule has 2 N–H and O–H groups in total. The Bertz CT molecular complexity index is 114. The average molecular weight is 97.1 g/mol. The van der Waals surface area contributed by atoms with Gasteiger partial charge in [0.15, 0.2) is 5.84 Å². The molecule has 1 radical (unpaired) electrons. The first-order valence-electron chi connectivity index (χ1n) is 1.93. The predicted octanol–water partition coefficient (Wildman–Crippen LogP) is -1.10. The molecule has 0 fully saturated rings. The number of hydrogen-bond acceptors (Lipinski definition) is 3. The molecule has 0 aromatic rings. The van der Waals surface area contributed by atoms with E-state index in [2.05, 4.69) is 15.5 Å². The summed E-state index contributed by atoms with van der Waals surface area (Å²) in [6, 6.07) is 0. The second-order valence-electron chi connectivity index (χ2n) is 1.08. The lowest BCUT2D eigenvalue weighted by Gasteiger charge is -1.79. The minimum atomic E-state index is 0.375. The molecule has 1 rings (SSSR count). The first-order chi connectivity index (χ1) is 3.43. The third kappa shape index (κ3) is 0.747. The van der Waals surface area contributed by atoms with Gasteiger partial charge in [-0.3, -0.25) is 0 Å². The zero-order valence-electron chi connectivity index (χ0n) is 3.70. The van der Waals surface area contributed by atoms with E-state index in [4.69, 9.17) is 5.73 Å². The summed E-state index contributed by atoms with van der Waals surface area (Å²) in [5.41, 5.74) is 8.58.